The van der Waals surface area contributed by atoms with Crippen LogP contribution in [0.25, 0.3) is 0 Å². The van der Waals surface area contributed by atoms with E-state index >= 15 is 0 Å². The first-order valence-corrected chi connectivity index (χ1v) is 11.4. The fourth-order valence-electron chi connectivity index (χ4n) is 3.22. The summed E-state index contributed by atoms with van der Waals surface area (Å²) < 4.78 is 26.8. The van der Waals surface area contributed by atoms with Crippen molar-refractivity contribution in [2.45, 2.75) is 25.5 Å². The first kappa shape index (κ1) is 21.1. The number of piperidine rings is 1. The van der Waals surface area contributed by atoms with Crippen LogP contribution in [-0.4, -0.2) is 31.7 Å². The number of amides is 1. The van der Waals surface area contributed by atoms with Crippen LogP contribution in [0.1, 0.15) is 24.0 Å². The molecule has 1 amide bonds. The highest BCUT2D eigenvalue weighted by Crippen LogP contribution is 2.31. The van der Waals surface area contributed by atoms with E-state index in [0.29, 0.717) is 41.7 Å². The SMILES string of the molecule is Cc1ccc(CS(=O)(=O)N2CCC(C(=O)Nc3cccc(Cl)c3Cl)CC2)cc1. The van der Waals surface area contributed by atoms with Crippen molar-refractivity contribution in [2.24, 2.45) is 5.92 Å². The molecule has 0 saturated carbocycles. The number of rotatable bonds is 5. The van der Waals surface area contributed by atoms with Crippen molar-refractivity contribution in [3.05, 3.63) is 63.6 Å². The Morgan fingerprint density at radius 2 is 1.75 bits per heavy atom. The molecule has 8 heteroatoms. The molecule has 0 bridgehead atoms. The lowest BCUT2D eigenvalue weighted by molar-refractivity contribution is -0.120. The second-order valence-electron chi connectivity index (χ2n) is 7.01. The molecule has 5 nitrogen and oxygen atoms in total. The highest BCUT2D eigenvalue weighted by atomic mass is 35.5. The molecule has 0 spiro atoms. The van der Waals surface area contributed by atoms with E-state index in [1.54, 1.807) is 18.2 Å². The van der Waals surface area contributed by atoms with Gasteiger partial charge in [0.25, 0.3) is 0 Å². The molecule has 150 valence electrons. The van der Waals surface area contributed by atoms with Gasteiger partial charge in [-0.25, -0.2) is 12.7 Å². The molecule has 2 aromatic carbocycles. The number of nitrogens with one attached hydrogen (secondary N) is 1. The maximum absolute atomic E-state index is 12.7. The van der Waals surface area contributed by atoms with Crippen molar-refractivity contribution >= 4 is 44.8 Å². The summed E-state index contributed by atoms with van der Waals surface area (Å²) in [4.78, 5) is 12.5. The van der Waals surface area contributed by atoms with Crippen molar-refractivity contribution in [1.82, 2.24) is 4.31 Å². The van der Waals surface area contributed by atoms with E-state index in [9.17, 15) is 13.2 Å². The van der Waals surface area contributed by atoms with E-state index in [-0.39, 0.29) is 17.6 Å². The van der Waals surface area contributed by atoms with Crippen LogP contribution in [0.2, 0.25) is 10.0 Å². The minimum atomic E-state index is -3.41. The molecule has 0 aliphatic carbocycles. The number of halogens is 2. The van der Waals surface area contributed by atoms with Gasteiger partial charge in [-0.3, -0.25) is 4.79 Å². The van der Waals surface area contributed by atoms with Gasteiger partial charge in [0, 0.05) is 19.0 Å². The number of nitrogens with zero attached hydrogens (tertiary/aromatic N) is 1. The summed E-state index contributed by atoms with van der Waals surface area (Å²) in [6.07, 6.45) is 0.939. The summed E-state index contributed by atoms with van der Waals surface area (Å²) in [5, 5.41) is 3.47. The van der Waals surface area contributed by atoms with Gasteiger partial charge >= 0.3 is 0 Å². The Labute approximate surface area is 175 Å². The van der Waals surface area contributed by atoms with Gasteiger partial charge in [-0.15, -0.1) is 0 Å². The molecule has 0 aromatic heterocycles. The molecule has 1 saturated heterocycles. The lowest BCUT2D eigenvalue weighted by Crippen LogP contribution is -2.41. The van der Waals surface area contributed by atoms with E-state index in [1.807, 2.05) is 31.2 Å². The van der Waals surface area contributed by atoms with Crippen LogP contribution in [-0.2, 0) is 20.6 Å². The van der Waals surface area contributed by atoms with E-state index in [1.165, 1.54) is 4.31 Å². The van der Waals surface area contributed by atoms with Gasteiger partial charge in [-0.05, 0) is 37.5 Å². The van der Waals surface area contributed by atoms with E-state index < -0.39 is 10.0 Å². The van der Waals surface area contributed by atoms with Gasteiger partial charge in [0.05, 0.1) is 21.5 Å². The van der Waals surface area contributed by atoms with Gasteiger partial charge in [-0.2, -0.15) is 0 Å². The third-order valence-electron chi connectivity index (χ3n) is 4.90. The molecule has 0 unspecified atom stereocenters. The van der Waals surface area contributed by atoms with Crippen LogP contribution in [0.3, 0.4) is 0 Å². The number of carbonyl (C=O) groups excluding carboxylic acids is 1. The number of hydrogen-bond donors (Lipinski definition) is 1. The summed E-state index contributed by atoms with van der Waals surface area (Å²) in [5.41, 5.74) is 2.32. The quantitative estimate of drug-likeness (QED) is 0.744. The summed E-state index contributed by atoms with van der Waals surface area (Å²) in [5.74, 6) is -0.456. The van der Waals surface area contributed by atoms with Crippen LogP contribution in [0.15, 0.2) is 42.5 Å². The Morgan fingerprint density at radius 1 is 1.11 bits per heavy atom. The third kappa shape index (κ3) is 5.06. The fraction of sp³-hybridized carbons (Fsp3) is 0.350. The van der Waals surface area contributed by atoms with Crippen molar-refractivity contribution in [2.75, 3.05) is 18.4 Å². The predicted octanol–water partition coefficient (Wildman–Crippen LogP) is 4.48. The zero-order valence-corrected chi connectivity index (χ0v) is 17.8. The monoisotopic (exact) mass is 440 g/mol. The Balaban J connectivity index is 1.58. The first-order chi connectivity index (χ1) is 13.3. The minimum absolute atomic E-state index is 0.0255. The second kappa shape index (κ2) is 8.82. The van der Waals surface area contributed by atoms with E-state index in [4.69, 9.17) is 23.2 Å². The summed E-state index contributed by atoms with van der Waals surface area (Å²) >= 11 is 12.1. The maximum Gasteiger partial charge on any atom is 0.227 e. The first-order valence-electron chi connectivity index (χ1n) is 9.04. The number of aryl methyl sites for hydroxylation is 1. The highest BCUT2D eigenvalue weighted by Gasteiger charge is 2.31. The van der Waals surface area contributed by atoms with Crippen LogP contribution >= 0.6 is 23.2 Å². The normalized spacial score (nSPS) is 16.1. The second-order valence-corrected chi connectivity index (χ2v) is 9.76. The van der Waals surface area contributed by atoms with E-state index in [0.717, 1.165) is 11.1 Å². The summed E-state index contributed by atoms with van der Waals surface area (Å²) in [7, 11) is -3.41. The summed E-state index contributed by atoms with van der Waals surface area (Å²) in [6, 6.07) is 12.5. The topological polar surface area (TPSA) is 66.5 Å². The Kier molecular flexibility index (Phi) is 6.65. The highest BCUT2D eigenvalue weighted by molar-refractivity contribution is 7.88. The van der Waals surface area contributed by atoms with Crippen LogP contribution in [0.4, 0.5) is 5.69 Å². The number of hydrogen-bond acceptors (Lipinski definition) is 3. The van der Waals surface area contributed by atoms with Crippen molar-refractivity contribution in [3.8, 4) is 0 Å². The molecule has 3 rings (SSSR count). The van der Waals surface area contributed by atoms with Gasteiger partial charge < -0.3 is 5.32 Å². The molecule has 1 fully saturated rings. The molecular formula is C20H22Cl2N2O3S. The smallest absolute Gasteiger partial charge is 0.227 e. The molecule has 0 atom stereocenters. The zero-order chi connectivity index (χ0) is 20.3. The molecule has 2 aromatic rings. The number of carbonyl (C=O) groups is 1. The van der Waals surface area contributed by atoms with E-state index in [2.05, 4.69) is 5.32 Å². The Hall–Kier alpha value is -1.60. The van der Waals surface area contributed by atoms with Gasteiger partial charge in [-0.1, -0.05) is 59.1 Å². The maximum atomic E-state index is 12.7. The summed E-state index contributed by atoms with van der Waals surface area (Å²) in [6.45, 7) is 2.62. The molecular weight excluding hydrogens is 419 g/mol. The average Bonchev–Trinajstić information content (AvgIpc) is 2.67. The number of benzene rings is 2. The van der Waals surface area contributed by atoms with Crippen molar-refractivity contribution in [1.29, 1.82) is 0 Å². The van der Waals surface area contributed by atoms with Crippen LogP contribution in [0.5, 0.6) is 0 Å². The Morgan fingerprint density at radius 3 is 2.39 bits per heavy atom. The van der Waals surface area contributed by atoms with Gasteiger partial charge in [0.2, 0.25) is 15.9 Å². The molecule has 1 N–H and O–H groups in total. The Bertz CT molecular complexity index is 954. The van der Waals surface area contributed by atoms with Crippen LogP contribution in [0, 0.1) is 12.8 Å². The molecule has 1 aliphatic rings. The minimum Gasteiger partial charge on any atom is -0.324 e. The lowest BCUT2D eigenvalue weighted by atomic mass is 9.97. The molecule has 0 radical (unpaired) electrons. The standard InChI is InChI=1S/C20H22Cl2N2O3S/c1-14-5-7-15(8-6-14)13-28(26,27)24-11-9-16(10-12-24)20(25)23-18-4-2-3-17(21)19(18)22/h2-8,16H,9-13H2,1H3,(H,23,25). The fourth-order valence-corrected chi connectivity index (χ4v) is 5.13. The van der Waals surface area contributed by atoms with Crippen molar-refractivity contribution < 1.29 is 13.2 Å². The number of anilines is 1. The predicted molar refractivity (Wildman–Crippen MR) is 113 cm³/mol. The van der Waals surface area contributed by atoms with Gasteiger partial charge in [0.1, 0.15) is 0 Å². The molecule has 1 heterocycles. The number of sulfonamides is 1. The third-order valence-corrected chi connectivity index (χ3v) is 7.57. The average molecular weight is 441 g/mol. The molecule has 28 heavy (non-hydrogen) atoms. The van der Waals surface area contributed by atoms with Gasteiger partial charge in [0.15, 0.2) is 0 Å². The molecule has 1 aliphatic heterocycles. The largest absolute Gasteiger partial charge is 0.324 e. The zero-order valence-electron chi connectivity index (χ0n) is 15.5. The lowest BCUT2D eigenvalue weighted by Gasteiger charge is -2.30. The van der Waals surface area contributed by atoms with Crippen LogP contribution < -0.4 is 5.32 Å². The van der Waals surface area contributed by atoms with Crippen molar-refractivity contribution in [3.63, 3.8) is 0 Å².